The van der Waals surface area contributed by atoms with Crippen molar-refractivity contribution in [2.45, 2.75) is 31.7 Å². The Kier molecular flexibility index (Phi) is 3.62. The van der Waals surface area contributed by atoms with Gasteiger partial charge in [0.1, 0.15) is 0 Å². The van der Waals surface area contributed by atoms with Gasteiger partial charge in [0.25, 0.3) is 5.91 Å². The van der Waals surface area contributed by atoms with E-state index >= 15 is 0 Å². The van der Waals surface area contributed by atoms with Crippen molar-refractivity contribution in [2.75, 3.05) is 13.2 Å². The molecule has 1 aromatic rings. The Hall–Kier alpha value is -1.29. The molecule has 1 heterocycles. The van der Waals surface area contributed by atoms with E-state index in [1.54, 1.807) is 12.1 Å². The number of carbonyl (C=O) groups is 1. The molecule has 4 heteroatoms. The second-order valence-corrected chi connectivity index (χ2v) is 4.14. The van der Waals surface area contributed by atoms with Crippen LogP contribution in [0, 0.1) is 0 Å². The number of furan rings is 1. The first-order chi connectivity index (χ1) is 7.83. The van der Waals surface area contributed by atoms with Gasteiger partial charge >= 0.3 is 0 Å². The zero-order valence-corrected chi connectivity index (χ0v) is 9.26. The van der Waals surface area contributed by atoms with Crippen LogP contribution in [-0.2, 0) is 0 Å². The van der Waals surface area contributed by atoms with Crippen molar-refractivity contribution in [3.05, 3.63) is 24.2 Å². The van der Waals surface area contributed by atoms with Gasteiger partial charge in [-0.1, -0.05) is 0 Å². The normalized spacial score (nSPS) is 15.8. The lowest BCUT2D eigenvalue weighted by Gasteiger charge is -2.37. The van der Waals surface area contributed by atoms with E-state index in [1.807, 2.05) is 4.90 Å². The highest BCUT2D eigenvalue weighted by molar-refractivity contribution is 5.91. The van der Waals surface area contributed by atoms with Crippen LogP contribution in [-0.4, -0.2) is 35.1 Å². The Labute approximate surface area is 94.9 Å². The summed E-state index contributed by atoms with van der Waals surface area (Å²) in [6.07, 6.45) is 5.46. The molecule has 0 aliphatic heterocycles. The molecule has 1 aliphatic rings. The van der Waals surface area contributed by atoms with E-state index in [0.29, 0.717) is 24.8 Å². The molecular formula is C12H17NO3. The Morgan fingerprint density at radius 2 is 2.38 bits per heavy atom. The van der Waals surface area contributed by atoms with E-state index in [2.05, 4.69) is 0 Å². The van der Waals surface area contributed by atoms with Crippen LogP contribution in [0.3, 0.4) is 0 Å². The summed E-state index contributed by atoms with van der Waals surface area (Å²) in [5, 5.41) is 8.84. The minimum atomic E-state index is -0.0526. The first-order valence-corrected chi connectivity index (χ1v) is 5.78. The molecule has 0 aromatic carbocycles. The van der Waals surface area contributed by atoms with Gasteiger partial charge in [0.05, 0.1) is 6.26 Å². The number of hydrogen-bond donors (Lipinski definition) is 1. The quantitative estimate of drug-likeness (QED) is 0.825. The van der Waals surface area contributed by atoms with E-state index in [-0.39, 0.29) is 12.5 Å². The average molecular weight is 223 g/mol. The maximum Gasteiger partial charge on any atom is 0.289 e. The predicted molar refractivity (Wildman–Crippen MR) is 59.1 cm³/mol. The molecule has 4 nitrogen and oxygen atoms in total. The third-order valence-electron chi connectivity index (χ3n) is 3.07. The highest BCUT2D eigenvalue weighted by Gasteiger charge is 2.29. The van der Waals surface area contributed by atoms with Crippen LogP contribution in [0.4, 0.5) is 0 Å². The van der Waals surface area contributed by atoms with E-state index in [1.165, 1.54) is 12.7 Å². The van der Waals surface area contributed by atoms with E-state index in [4.69, 9.17) is 9.52 Å². The number of nitrogens with zero attached hydrogens (tertiary/aromatic N) is 1. The Balaban J connectivity index is 2.02. The standard InChI is InChI=1S/C12H17NO3/c14-8-3-7-13(10-4-1-5-10)12(15)11-6-2-9-16-11/h2,6,9-10,14H,1,3-5,7-8H2. The highest BCUT2D eigenvalue weighted by atomic mass is 16.3. The molecule has 1 N–H and O–H groups in total. The summed E-state index contributed by atoms with van der Waals surface area (Å²) in [4.78, 5) is 13.9. The molecule has 1 fully saturated rings. The second kappa shape index (κ2) is 5.16. The summed E-state index contributed by atoms with van der Waals surface area (Å²) in [6, 6.07) is 3.75. The molecule has 1 aliphatic carbocycles. The number of amides is 1. The van der Waals surface area contributed by atoms with Gasteiger partial charge in [-0.05, 0) is 37.8 Å². The molecule has 2 rings (SSSR count). The molecule has 0 saturated heterocycles. The lowest BCUT2D eigenvalue weighted by molar-refractivity contribution is 0.0531. The van der Waals surface area contributed by atoms with Crippen LogP contribution in [0.15, 0.2) is 22.8 Å². The van der Waals surface area contributed by atoms with Gasteiger partial charge in [-0.3, -0.25) is 4.79 Å². The molecule has 88 valence electrons. The number of aliphatic hydroxyl groups is 1. The molecule has 0 atom stereocenters. The molecule has 16 heavy (non-hydrogen) atoms. The second-order valence-electron chi connectivity index (χ2n) is 4.14. The van der Waals surface area contributed by atoms with E-state index in [9.17, 15) is 4.79 Å². The summed E-state index contributed by atoms with van der Waals surface area (Å²) in [7, 11) is 0. The van der Waals surface area contributed by atoms with Crippen LogP contribution >= 0.6 is 0 Å². The minimum absolute atomic E-state index is 0.0526. The Morgan fingerprint density at radius 1 is 1.56 bits per heavy atom. The van der Waals surface area contributed by atoms with E-state index in [0.717, 1.165) is 12.8 Å². The van der Waals surface area contributed by atoms with Crippen molar-refractivity contribution in [1.82, 2.24) is 4.90 Å². The fourth-order valence-electron chi connectivity index (χ4n) is 1.93. The summed E-state index contributed by atoms with van der Waals surface area (Å²) in [5.74, 6) is 0.341. The highest BCUT2D eigenvalue weighted by Crippen LogP contribution is 2.26. The zero-order chi connectivity index (χ0) is 11.4. The lowest BCUT2D eigenvalue weighted by atomic mass is 9.91. The predicted octanol–water partition coefficient (Wildman–Crippen LogP) is 1.66. The minimum Gasteiger partial charge on any atom is -0.459 e. The summed E-state index contributed by atoms with van der Waals surface area (Å²) >= 11 is 0. The Bertz CT molecular complexity index is 330. The Morgan fingerprint density at radius 3 is 2.88 bits per heavy atom. The van der Waals surface area contributed by atoms with Gasteiger partial charge in [-0.15, -0.1) is 0 Å². The number of hydrogen-bond acceptors (Lipinski definition) is 3. The molecule has 0 unspecified atom stereocenters. The first kappa shape index (κ1) is 11.2. The van der Waals surface area contributed by atoms with Crippen LogP contribution in [0.25, 0.3) is 0 Å². The molecule has 1 aromatic heterocycles. The van der Waals surface area contributed by atoms with Crippen LogP contribution < -0.4 is 0 Å². The number of rotatable bonds is 5. The maximum atomic E-state index is 12.1. The van der Waals surface area contributed by atoms with Crippen LogP contribution in [0.2, 0.25) is 0 Å². The van der Waals surface area contributed by atoms with Gasteiger partial charge in [-0.2, -0.15) is 0 Å². The molecule has 1 saturated carbocycles. The summed E-state index contributed by atoms with van der Waals surface area (Å²) < 4.78 is 5.12. The summed E-state index contributed by atoms with van der Waals surface area (Å²) in [6.45, 7) is 0.732. The molecular weight excluding hydrogens is 206 g/mol. The topological polar surface area (TPSA) is 53.7 Å². The fraction of sp³-hybridized carbons (Fsp3) is 0.583. The fourth-order valence-corrected chi connectivity index (χ4v) is 1.93. The molecule has 0 bridgehead atoms. The molecule has 0 radical (unpaired) electrons. The average Bonchev–Trinajstić information content (AvgIpc) is 2.73. The zero-order valence-electron chi connectivity index (χ0n) is 9.26. The maximum absolute atomic E-state index is 12.1. The monoisotopic (exact) mass is 223 g/mol. The van der Waals surface area contributed by atoms with E-state index < -0.39 is 0 Å². The van der Waals surface area contributed by atoms with Crippen molar-refractivity contribution in [2.24, 2.45) is 0 Å². The lowest BCUT2D eigenvalue weighted by Crippen LogP contribution is -2.44. The third-order valence-corrected chi connectivity index (χ3v) is 3.07. The van der Waals surface area contributed by atoms with Crippen molar-refractivity contribution in [3.63, 3.8) is 0 Å². The van der Waals surface area contributed by atoms with Crippen molar-refractivity contribution in [3.8, 4) is 0 Å². The summed E-state index contributed by atoms with van der Waals surface area (Å²) in [5.41, 5.74) is 0. The van der Waals surface area contributed by atoms with Gasteiger partial charge in [-0.25, -0.2) is 0 Å². The third kappa shape index (κ3) is 2.27. The first-order valence-electron chi connectivity index (χ1n) is 5.78. The van der Waals surface area contributed by atoms with Crippen molar-refractivity contribution >= 4 is 5.91 Å². The largest absolute Gasteiger partial charge is 0.459 e. The van der Waals surface area contributed by atoms with Crippen molar-refractivity contribution < 1.29 is 14.3 Å². The number of aliphatic hydroxyl groups excluding tert-OH is 1. The van der Waals surface area contributed by atoms with Gasteiger partial charge in [0.15, 0.2) is 5.76 Å². The van der Waals surface area contributed by atoms with Gasteiger partial charge in [0.2, 0.25) is 0 Å². The van der Waals surface area contributed by atoms with Crippen LogP contribution in [0.5, 0.6) is 0 Å². The van der Waals surface area contributed by atoms with Gasteiger partial charge in [0, 0.05) is 19.2 Å². The van der Waals surface area contributed by atoms with Gasteiger partial charge < -0.3 is 14.4 Å². The number of carbonyl (C=O) groups excluding carboxylic acids is 1. The van der Waals surface area contributed by atoms with Crippen molar-refractivity contribution in [1.29, 1.82) is 0 Å². The smallest absolute Gasteiger partial charge is 0.289 e. The molecule has 0 spiro atoms. The van der Waals surface area contributed by atoms with Crippen LogP contribution in [0.1, 0.15) is 36.2 Å². The SMILES string of the molecule is O=C(c1ccco1)N(CCCO)C1CCC1. The molecule has 1 amide bonds.